The Labute approximate surface area is 126 Å². The summed E-state index contributed by atoms with van der Waals surface area (Å²) in [6.07, 6.45) is 0. The standard InChI is InChI=1S/C14H10BClN2O3/c16-12-8-4-2-6-10(12)14-17-13(18-21-14)9-5-1-3-7-11(9)15(19)20/h1-8,19-20H. The van der Waals surface area contributed by atoms with Gasteiger partial charge in [-0.3, -0.25) is 0 Å². The fourth-order valence-electron chi connectivity index (χ4n) is 2.00. The van der Waals surface area contributed by atoms with Crippen LogP contribution >= 0.6 is 11.6 Å². The van der Waals surface area contributed by atoms with Crippen LogP contribution < -0.4 is 5.46 Å². The number of benzene rings is 2. The molecule has 0 radical (unpaired) electrons. The van der Waals surface area contributed by atoms with Crippen LogP contribution in [-0.2, 0) is 0 Å². The van der Waals surface area contributed by atoms with Crippen LogP contribution in [0.3, 0.4) is 0 Å². The zero-order chi connectivity index (χ0) is 14.8. The van der Waals surface area contributed by atoms with Gasteiger partial charge in [0, 0.05) is 5.56 Å². The Hall–Kier alpha value is -2.15. The molecule has 0 bridgehead atoms. The van der Waals surface area contributed by atoms with Gasteiger partial charge in [0.25, 0.3) is 5.89 Å². The van der Waals surface area contributed by atoms with Crippen LogP contribution in [0.4, 0.5) is 0 Å². The SMILES string of the molecule is OB(O)c1ccccc1-c1noc(-c2ccccc2Cl)n1. The van der Waals surface area contributed by atoms with E-state index in [1.807, 2.05) is 6.07 Å². The van der Waals surface area contributed by atoms with Gasteiger partial charge in [0.15, 0.2) is 0 Å². The molecular formula is C14H10BClN2O3. The summed E-state index contributed by atoms with van der Waals surface area (Å²) in [5.41, 5.74) is 1.43. The third-order valence-electron chi connectivity index (χ3n) is 3.01. The molecule has 0 saturated carbocycles. The fourth-order valence-corrected chi connectivity index (χ4v) is 2.22. The Morgan fingerprint density at radius 2 is 1.62 bits per heavy atom. The highest BCUT2D eigenvalue weighted by molar-refractivity contribution is 6.60. The second-order valence-electron chi connectivity index (χ2n) is 4.36. The summed E-state index contributed by atoms with van der Waals surface area (Å²) in [5, 5.41) is 23.1. The molecule has 3 aromatic rings. The van der Waals surface area contributed by atoms with E-state index in [2.05, 4.69) is 10.1 Å². The van der Waals surface area contributed by atoms with Crippen LogP contribution in [0.5, 0.6) is 0 Å². The molecule has 2 N–H and O–H groups in total. The first-order valence-corrected chi connectivity index (χ1v) is 6.58. The van der Waals surface area contributed by atoms with Crippen LogP contribution in [0, 0.1) is 0 Å². The van der Waals surface area contributed by atoms with E-state index in [1.165, 1.54) is 0 Å². The normalized spacial score (nSPS) is 10.6. The molecule has 0 spiro atoms. The van der Waals surface area contributed by atoms with Crippen molar-refractivity contribution in [2.24, 2.45) is 0 Å². The predicted octanol–water partition coefficient (Wildman–Crippen LogP) is 1.74. The maximum atomic E-state index is 9.38. The quantitative estimate of drug-likeness (QED) is 0.720. The Kier molecular flexibility index (Phi) is 3.75. The monoisotopic (exact) mass is 300 g/mol. The van der Waals surface area contributed by atoms with Gasteiger partial charge in [0.05, 0.1) is 10.6 Å². The third-order valence-corrected chi connectivity index (χ3v) is 3.34. The summed E-state index contributed by atoms with van der Waals surface area (Å²) in [4.78, 5) is 4.27. The van der Waals surface area contributed by atoms with Crippen molar-refractivity contribution in [3.63, 3.8) is 0 Å². The van der Waals surface area contributed by atoms with Crippen molar-refractivity contribution in [2.45, 2.75) is 0 Å². The van der Waals surface area contributed by atoms with Crippen LogP contribution in [0.25, 0.3) is 22.8 Å². The van der Waals surface area contributed by atoms with Crippen LogP contribution in [0.2, 0.25) is 5.02 Å². The van der Waals surface area contributed by atoms with Crippen molar-refractivity contribution in [1.82, 2.24) is 10.1 Å². The molecule has 1 heterocycles. The van der Waals surface area contributed by atoms with Gasteiger partial charge in [-0.1, -0.05) is 53.2 Å². The molecule has 7 heteroatoms. The summed E-state index contributed by atoms with van der Waals surface area (Å²) in [6.45, 7) is 0. The Balaban J connectivity index is 2.06. The summed E-state index contributed by atoms with van der Waals surface area (Å²) >= 11 is 6.09. The van der Waals surface area contributed by atoms with E-state index in [9.17, 15) is 10.0 Å². The van der Waals surface area contributed by atoms with E-state index >= 15 is 0 Å². The van der Waals surface area contributed by atoms with Crippen molar-refractivity contribution < 1.29 is 14.6 Å². The van der Waals surface area contributed by atoms with Crippen LogP contribution in [0.1, 0.15) is 0 Å². The molecule has 0 fully saturated rings. The summed E-state index contributed by atoms with van der Waals surface area (Å²) in [6, 6.07) is 13.9. The smallest absolute Gasteiger partial charge is 0.423 e. The number of aromatic nitrogens is 2. The van der Waals surface area contributed by atoms with Crippen molar-refractivity contribution in [1.29, 1.82) is 0 Å². The molecular weight excluding hydrogens is 290 g/mol. The van der Waals surface area contributed by atoms with Crippen molar-refractivity contribution in [2.75, 3.05) is 0 Å². The van der Waals surface area contributed by atoms with E-state index in [-0.39, 0.29) is 11.7 Å². The predicted molar refractivity (Wildman–Crippen MR) is 80.0 cm³/mol. The van der Waals surface area contributed by atoms with Crippen molar-refractivity contribution >= 4 is 24.2 Å². The van der Waals surface area contributed by atoms with Gasteiger partial charge < -0.3 is 14.6 Å². The second kappa shape index (κ2) is 5.69. The fraction of sp³-hybridized carbons (Fsp3) is 0. The molecule has 0 unspecified atom stereocenters. The molecule has 2 aromatic carbocycles. The first-order valence-electron chi connectivity index (χ1n) is 6.21. The molecule has 3 rings (SSSR count). The average molecular weight is 301 g/mol. The minimum Gasteiger partial charge on any atom is -0.423 e. The highest BCUT2D eigenvalue weighted by atomic mass is 35.5. The van der Waals surface area contributed by atoms with Crippen LogP contribution in [-0.4, -0.2) is 27.3 Å². The Morgan fingerprint density at radius 1 is 0.952 bits per heavy atom. The van der Waals surface area contributed by atoms with Gasteiger partial charge in [-0.05, 0) is 17.6 Å². The molecule has 21 heavy (non-hydrogen) atoms. The lowest BCUT2D eigenvalue weighted by Gasteiger charge is -2.03. The third kappa shape index (κ3) is 2.69. The zero-order valence-electron chi connectivity index (χ0n) is 10.8. The summed E-state index contributed by atoms with van der Waals surface area (Å²) in [5.74, 6) is 0.548. The van der Waals surface area contributed by atoms with Crippen LogP contribution in [0.15, 0.2) is 53.1 Å². The molecule has 0 atom stereocenters. The minimum atomic E-state index is -1.61. The number of rotatable bonds is 3. The summed E-state index contributed by atoms with van der Waals surface area (Å²) < 4.78 is 5.21. The molecule has 1 aromatic heterocycles. The number of nitrogens with zero attached hydrogens (tertiary/aromatic N) is 2. The van der Waals surface area contributed by atoms with Gasteiger partial charge in [0.2, 0.25) is 5.82 Å². The first kappa shape index (κ1) is 13.8. The van der Waals surface area contributed by atoms with Gasteiger partial charge >= 0.3 is 7.12 Å². The van der Waals surface area contributed by atoms with E-state index in [1.54, 1.807) is 42.5 Å². The maximum absolute atomic E-state index is 9.38. The number of halogens is 1. The van der Waals surface area contributed by atoms with Gasteiger partial charge in [0.1, 0.15) is 0 Å². The molecule has 0 aliphatic heterocycles. The topological polar surface area (TPSA) is 79.4 Å². The maximum Gasteiger partial charge on any atom is 0.489 e. The molecule has 0 aliphatic rings. The largest absolute Gasteiger partial charge is 0.489 e. The Bertz CT molecular complexity index is 776. The first-order chi connectivity index (χ1) is 10.2. The zero-order valence-corrected chi connectivity index (χ0v) is 11.5. The van der Waals surface area contributed by atoms with Gasteiger partial charge in [-0.15, -0.1) is 0 Å². The van der Waals surface area contributed by atoms with Crippen molar-refractivity contribution in [3.8, 4) is 22.8 Å². The molecule has 104 valence electrons. The molecule has 0 aliphatic carbocycles. The Morgan fingerprint density at radius 3 is 2.33 bits per heavy atom. The lowest BCUT2D eigenvalue weighted by atomic mass is 9.77. The summed E-state index contributed by atoms with van der Waals surface area (Å²) in [7, 11) is -1.61. The number of hydrogen-bond acceptors (Lipinski definition) is 5. The lowest BCUT2D eigenvalue weighted by Crippen LogP contribution is -2.31. The molecule has 0 amide bonds. The van der Waals surface area contributed by atoms with E-state index in [4.69, 9.17) is 16.1 Å². The van der Waals surface area contributed by atoms with Crippen molar-refractivity contribution in [3.05, 3.63) is 53.6 Å². The van der Waals surface area contributed by atoms with Gasteiger partial charge in [-0.25, -0.2) is 0 Å². The van der Waals surface area contributed by atoms with Gasteiger partial charge in [-0.2, -0.15) is 4.98 Å². The van der Waals surface area contributed by atoms with E-state index in [0.29, 0.717) is 21.6 Å². The van der Waals surface area contributed by atoms with E-state index < -0.39 is 7.12 Å². The average Bonchev–Trinajstić information content (AvgIpc) is 2.97. The molecule has 0 saturated heterocycles. The second-order valence-corrected chi connectivity index (χ2v) is 4.77. The minimum absolute atomic E-state index is 0.272. The highest BCUT2D eigenvalue weighted by Crippen LogP contribution is 2.27. The van der Waals surface area contributed by atoms with E-state index in [0.717, 1.165) is 0 Å². The number of hydrogen-bond donors (Lipinski definition) is 2. The molecule has 5 nitrogen and oxygen atoms in total. The lowest BCUT2D eigenvalue weighted by molar-refractivity contribution is 0.425. The highest BCUT2D eigenvalue weighted by Gasteiger charge is 2.20.